The van der Waals surface area contributed by atoms with Crippen LogP contribution in [0.4, 0.5) is 0 Å². The van der Waals surface area contributed by atoms with E-state index in [1.54, 1.807) is 0 Å². The van der Waals surface area contributed by atoms with Crippen LogP contribution in [0.2, 0.25) is 5.02 Å². The summed E-state index contributed by atoms with van der Waals surface area (Å²) in [7, 11) is 0. The zero-order chi connectivity index (χ0) is 14.7. The van der Waals surface area contributed by atoms with Gasteiger partial charge in [0.15, 0.2) is 0 Å². The Morgan fingerprint density at radius 2 is 1.62 bits per heavy atom. The van der Waals surface area contributed by atoms with Crippen molar-refractivity contribution in [3.63, 3.8) is 0 Å². The lowest BCUT2D eigenvalue weighted by Crippen LogP contribution is -2.29. The van der Waals surface area contributed by atoms with E-state index in [1.165, 1.54) is 16.3 Å². The van der Waals surface area contributed by atoms with Gasteiger partial charge in [0.05, 0.1) is 0 Å². The van der Waals surface area contributed by atoms with Gasteiger partial charge in [0.25, 0.3) is 0 Å². The molecule has 3 heteroatoms. The standard InChI is InChI=1S/C18H17ClN2/c19-17-9-7-15(8-10-17)18(21-20)12-13-5-6-14-3-1-2-4-16(14)11-13/h1-11,18,21H,12,20H2. The number of benzene rings is 3. The summed E-state index contributed by atoms with van der Waals surface area (Å²) in [4.78, 5) is 0. The van der Waals surface area contributed by atoms with Crippen molar-refractivity contribution in [2.75, 3.05) is 0 Å². The summed E-state index contributed by atoms with van der Waals surface area (Å²) in [6.45, 7) is 0. The second kappa shape index (κ2) is 6.27. The van der Waals surface area contributed by atoms with Crippen molar-refractivity contribution in [1.29, 1.82) is 0 Å². The Morgan fingerprint density at radius 1 is 0.905 bits per heavy atom. The molecular formula is C18H17ClN2. The second-order valence-corrected chi connectivity index (χ2v) is 5.59. The Kier molecular flexibility index (Phi) is 4.20. The van der Waals surface area contributed by atoms with E-state index in [9.17, 15) is 0 Å². The summed E-state index contributed by atoms with van der Waals surface area (Å²) in [5, 5.41) is 3.24. The summed E-state index contributed by atoms with van der Waals surface area (Å²) in [6, 6.07) is 22.8. The first-order valence-corrected chi connectivity index (χ1v) is 7.33. The molecule has 2 nitrogen and oxygen atoms in total. The molecule has 3 N–H and O–H groups in total. The molecule has 0 saturated carbocycles. The largest absolute Gasteiger partial charge is 0.271 e. The van der Waals surface area contributed by atoms with Gasteiger partial charge in [-0.05, 0) is 40.5 Å². The van der Waals surface area contributed by atoms with E-state index in [4.69, 9.17) is 17.4 Å². The van der Waals surface area contributed by atoms with Crippen molar-refractivity contribution in [2.24, 2.45) is 5.84 Å². The average Bonchev–Trinajstić information content (AvgIpc) is 2.53. The minimum absolute atomic E-state index is 0.0726. The van der Waals surface area contributed by atoms with Crippen LogP contribution in [0.25, 0.3) is 10.8 Å². The van der Waals surface area contributed by atoms with E-state index in [0.29, 0.717) is 0 Å². The van der Waals surface area contributed by atoms with Gasteiger partial charge in [-0.15, -0.1) is 0 Å². The molecule has 21 heavy (non-hydrogen) atoms. The summed E-state index contributed by atoms with van der Waals surface area (Å²) < 4.78 is 0. The second-order valence-electron chi connectivity index (χ2n) is 5.16. The van der Waals surface area contributed by atoms with Gasteiger partial charge >= 0.3 is 0 Å². The zero-order valence-corrected chi connectivity index (χ0v) is 12.3. The molecule has 3 rings (SSSR count). The molecule has 0 amide bonds. The van der Waals surface area contributed by atoms with Gasteiger partial charge in [-0.3, -0.25) is 11.3 Å². The van der Waals surface area contributed by atoms with Crippen LogP contribution in [0, 0.1) is 0 Å². The molecule has 1 unspecified atom stereocenters. The number of hydrogen-bond donors (Lipinski definition) is 2. The molecule has 3 aromatic carbocycles. The summed E-state index contributed by atoms with van der Waals surface area (Å²) >= 11 is 5.93. The van der Waals surface area contributed by atoms with Crippen molar-refractivity contribution in [2.45, 2.75) is 12.5 Å². The fourth-order valence-electron chi connectivity index (χ4n) is 2.57. The van der Waals surface area contributed by atoms with Crippen molar-refractivity contribution in [3.05, 3.63) is 82.9 Å². The van der Waals surface area contributed by atoms with Crippen LogP contribution < -0.4 is 11.3 Å². The van der Waals surface area contributed by atoms with Crippen LogP contribution in [0.1, 0.15) is 17.2 Å². The lowest BCUT2D eigenvalue weighted by molar-refractivity contribution is 0.552. The number of nitrogens with two attached hydrogens (primary N) is 1. The van der Waals surface area contributed by atoms with Gasteiger partial charge in [0.1, 0.15) is 0 Å². The maximum atomic E-state index is 5.93. The van der Waals surface area contributed by atoms with Crippen LogP contribution in [-0.4, -0.2) is 0 Å². The molecule has 0 aliphatic carbocycles. The van der Waals surface area contributed by atoms with Crippen molar-refractivity contribution in [1.82, 2.24) is 5.43 Å². The third-order valence-corrected chi connectivity index (χ3v) is 3.98. The minimum Gasteiger partial charge on any atom is -0.271 e. The molecular weight excluding hydrogens is 280 g/mol. The fourth-order valence-corrected chi connectivity index (χ4v) is 2.70. The molecule has 106 valence electrons. The monoisotopic (exact) mass is 296 g/mol. The van der Waals surface area contributed by atoms with Crippen LogP contribution in [-0.2, 0) is 6.42 Å². The van der Waals surface area contributed by atoms with E-state index in [2.05, 4.69) is 47.9 Å². The highest BCUT2D eigenvalue weighted by molar-refractivity contribution is 6.30. The van der Waals surface area contributed by atoms with E-state index in [1.807, 2.05) is 24.3 Å². The summed E-state index contributed by atoms with van der Waals surface area (Å²) in [6.07, 6.45) is 0.836. The Balaban J connectivity index is 1.86. The van der Waals surface area contributed by atoms with Crippen LogP contribution >= 0.6 is 11.6 Å². The van der Waals surface area contributed by atoms with Gasteiger partial charge in [-0.1, -0.05) is 66.2 Å². The Hall–Kier alpha value is -1.87. The fraction of sp³-hybridized carbons (Fsp3) is 0.111. The average molecular weight is 297 g/mol. The first-order valence-electron chi connectivity index (χ1n) is 6.95. The maximum absolute atomic E-state index is 5.93. The molecule has 1 atom stereocenters. The molecule has 0 spiro atoms. The lowest BCUT2D eigenvalue weighted by atomic mass is 9.97. The minimum atomic E-state index is 0.0726. The smallest absolute Gasteiger partial charge is 0.0500 e. The first-order chi connectivity index (χ1) is 10.3. The van der Waals surface area contributed by atoms with Gasteiger partial charge in [-0.25, -0.2) is 0 Å². The predicted molar refractivity (Wildman–Crippen MR) is 89.2 cm³/mol. The van der Waals surface area contributed by atoms with E-state index >= 15 is 0 Å². The molecule has 0 aromatic heterocycles. The molecule has 0 fully saturated rings. The number of hydrazine groups is 1. The third-order valence-electron chi connectivity index (χ3n) is 3.73. The Morgan fingerprint density at radius 3 is 2.33 bits per heavy atom. The lowest BCUT2D eigenvalue weighted by Gasteiger charge is -2.17. The normalized spacial score (nSPS) is 12.5. The predicted octanol–water partition coefficient (Wildman–Crippen LogP) is 4.24. The zero-order valence-electron chi connectivity index (χ0n) is 11.6. The highest BCUT2D eigenvalue weighted by Crippen LogP contribution is 2.22. The van der Waals surface area contributed by atoms with Gasteiger partial charge in [-0.2, -0.15) is 0 Å². The molecule has 3 aromatic rings. The molecule has 0 saturated heterocycles. The Bertz CT molecular complexity index is 738. The highest BCUT2D eigenvalue weighted by atomic mass is 35.5. The Labute approximate surface area is 129 Å². The van der Waals surface area contributed by atoms with Crippen molar-refractivity contribution < 1.29 is 0 Å². The molecule has 0 aliphatic rings. The number of halogens is 1. The molecule has 0 aliphatic heterocycles. The maximum Gasteiger partial charge on any atom is 0.0500 e. The van der Waals surface area contributed by atoms with E-state index in [-0.39, 0.29) is 6.04 Å². The highest BCUT2D eigenvalue weighted by Gasteiger charge is 2.10. The number of rotatable bonds is 4. The quantitative estimate of drug-likeness (QED) is 0.558. The molecule has 0 bridgehead atoms. The number of nitrogens with one attached hydrogen (secondary N) is 1. The molecule has 0 radical (unpaired) electrons. The summed E-state index contributed by atoms with van der Waals surface area (Å²) in [5.41, 5.74) is 5.28. The van der Waals surface area contributed by atoms with Crippen molar-refractivity contribution >= 4 is 22.4 Å². The van der Waals surface area contributed by atoms with Crippen LogP contribution in [0.5, 0.6) is 0 Å². The number of hydrogen-bond acceptors (Lipinski definition) is 2. The SMILES string of the molecule is NNC(Cc1ccc2ccccc2c1)c1ccc(Cl)cc1. The van der Waals surface area contributed by atoms with E-state index < -0.39 is 0 Å². The van der Waals surface area contributed by atoms with Gasteiger partial charge in [0.2, 0.25) is 0 Å². The third kappa shape index (κ3) is 3.24. The van der Waals surface area contributed by atoms with Crippen LogP contribution in [0.3, 0.4) is 0 Å². The van der Waals surface area contributed by atoms with Gasteiger partial charge < -0.3 is 0 Å². The van der Waals surface area contributed by atoms with E-state index in [0.717, 1.165) is 17.0 Å². The number of fused-ring (bicyclic) bond motifs is 1. The van der Waals surface area contributed by atoms with Crippen LogP contribution in [0.15, 0.2) is 66.7 Å². The van der Waals surface area contributed by atoms with Crippen molar-refractivity contribution in [3.8, 4) is 0 Å². The first kappa shape index (κ1) is 14.1. The molecule has 0 heterocycles. The summed E-state index contributed by atoms with van der Waals surface area (Å²) in [5.74, 6) is 5.72. The topological polar surface area (TPSA) is 38.0 Å². The van der Waals surface area contributed by atoms with Gasteiger partial charge in [0, 0.05) is 11.1 Å².